The third kappa shape index (κ3) is 2.92. The minimum absolute atomic E-state index is 0.0752. The summed E-state index contributed by atoms with van der Waals surface area (Å²) in [6, 6.07) is 6.24. The zero-order valence-corrected chi connectivity index (χ0v) is 15.4. The largest absolute Gasteiger partial charge is 0.278 e. The topological polar surface area (TPSA) is 34.9 Å². The number of carbonyl (C=O) groups excluding carboxylic acids is 1. The highest BCUT2D eigenvalue weighted by Crippen LogP contribution is 2.42. The smallest absolute Gasteiger partial charge is 0.267 e. The van der Waals surface area contributed by atoms with Crippen LogP contribution in [0.1, 0.15) is 83.9 Å². The van der Waals surface area contributed by atoms with Crippen LogP contribution in [0.3, 0.4) is 0 Å². The minimum Gasteiger partial charge on any atom is -0.267 e. The fourth-order valence-electron chi connectivity index (χ4n) is 3.77. The molecule has 1 saturated carbocycles. The summed E-state index contributed by atoms with van der Waals surface area (Å²) in [7, 11) is 0. The molecule has 2 aromatic rings. The summed E-state index contributed by atoms with van der Waals surface area (Å²) < 4.78 is 1.71. The normalized spacial score (nSPS) is 16.2. The van der Waals surface area contributed by atoms with Crippen molar-refractivity contribution in [3.05, 3.63) is 51.8 Å². The second-order valence-corrected chi connectivity index (χ2v) is 6.75. The van der Waals surface area contributed by atoms with Crippen LogP contribution in [-0.4, -0.2) is 15.7 Å². The van der Waals surface area contributed by atoms with E-state index in [0.29, 0.717) is 5.92 Å². The van der Waals surface area contributed by atoms with E-state index in [0.717, 1.165) is 41.8 Å². The van der Waals surface area contributed by atoms with E-state index >= 15 is 0 Å². The highest BCUT2D eigenvalue weighted by molar-refractivity contribution is 5.99. The lowest BCUT2D eigenvalue weighted by molar-refractivity contribution is 0.0939. The molecule has 0 saturated heterocycles. The van der Waals surface area contributed by atoms with Crippen LogP contribution in [0.5, 0.6) is 0 Å². The van der Waals surface area contributed by atoms with E-state index in [9.17, 15) is 4.79 Å². The molecule has 0 unspecified atom stereocenters. The molecule has 24 heavy (non-hydrogen) atoms. The van der Waals surface area contributed by atoms with E-state index in [2.05, 4.69) is 17.2 Å². The summed E-state index contributed by atoms with van der Waals surface area (Å²) in [6.45, 7) is 8.08. The molecule has 2 aliphatic rings. The Morgan fingerprint density at radius 2 is 1.83 bits per heavy atom. The van der Waals surface area contributed by atoms with E-state index < -0.39 is 0 Å². The van der Waals surface area contributed by atoms with Crippen LogP contribution in [0.25, 0.3) is 0 Å². The molecule has 1 aromatic carbocycles. The lowest BCUT2D eigenvalue weighted by Crippen LogP contribution is -2.20. The van der Waals surface area contributed by atoms with Crippen molar-refractivity contribution < 1.29 is 4.79 Å². The van der Waals surface area contributed by atoms with Crippen LogP contribution in [-0.2, 0) is 12.8 Å². The van der Waals surface area contributed by atoms with E-state index in [4.69, 9.17) is 0 Å². The van der Waals surface area contributed by atoms with Crippen LogP contribution >= 0.6 is 0 Å². The summed E-state index contributed by atoms with van der Waals surface area (Å²) in [5.41, 5.74) is 6.68. The Kier molecular flexibility index (Phi) is 4.88. The number of nitrogens with zero attached hydrogens (tertiary/aromatic N) is 2. The first-order chi connectivity index (χ1) is 11.7. The zero-order valence-electron chi connectivity index (χ0n) is 15.4. The Labute approximate surface area is 145 Å². The molecule has 3 nitrogen and oxygen atoms in total. The highest BCUT2D eigenvalue weighted by Gasteiger charge is 2.31. The Morgan fingerprint density at radius 3 is 2.54 bits per heavy atom. The molecule has 1 fully saturated rings. The average molecular weight is 324 g/mol. The zero-order chi connectivity index (χ0) is 17.3. The molecule has 4 rings (SSSR count). The molecule has 0 amide bonds. The van der Waals surface area contributed by atoms with Gasteiger partial charge >= 0.3 is 0 Å². The number of hydrogen-bond donors (Lipinski definition) is 0. The van der Waals surface area contributed by atoms with Gasteiger partial charge in [-0.3, -0.25) is 4.79 Å². The third-order valence-corrected chi connectivity index (χ3v) is 5.11. The Balaban J connectivity index is 0.000000815. The van der Waals surface area contributed by atoms with Gasteiger partial charge in [0.05, 0.1) is 11.4 Å². The van der Waals surface area contributed by atoms with Crippen LogP contribution in [0.15, 0.2) is 18.2 Å². The third-order valence-electron chi connectivity index (χ3n) is 5.11. The van der Waals surface area contributed by atoms with E-state index in [1.165, 1.54) is 30.4 Å². The van der Waals surface area contributed by atoms with Gasteiger partial charge in [0.25, 0.3) is 5.91 Å². The van der Waals surface area contributed by atoms with Gasteiger partial charge in [0.1, 0.15) is 0 Å². The van der Waals surface area contributed by atoms with Gasteiger partial charge in [0, 0.05) is 5.56 Å². The maximum absolute atomic E-state index is 13.2. The second-order valence-electron chi connectivity index (χ2n) is 6.75. The number of aromatic nitrogens is 2. The molecule has 0 bridgehead atoms. The van der Waals surface area contributed by atoms with Crippen LogP contribution < -0.4 is 0 Å². The molecule has 0 aliphatic heterocycles. The highest BCUT2D eigenvalue weighted by atomic mass is 16.2. The monoisotopic (exact) mass is 324 g/mol. The second kappa shape index (κ2) is 6.92. The van der Waals surface area contributed by atoms with E-state index in [-0.39, 0.29) is 5.91 Å². The van der Waals surface area contributed by atoms with Gasteiger partial charge in [-0.2, -0.15) is 5.10 Å². The molecule has 0 atom stereocenters. The van der Waals surface area contributed by atoms with Crippen molar-refractivity contribution in [1.82, 2.24) is 9.78 Å². The van der Waals surface area contributed by atoms with E-state index in [1.54, 1.807) is 4.68 Å². The van der Waals surface area contributed by atoms with Gasteiger partial charge in [-0.15, -0.1) is 0 Å². The fraction of sp³-hybridized carbons (Fsp3) is 0.524. The predicted octanol–water partition coefficient (Wildman–Crippen LogP) is 4.97. The van der Waals surface area contributed by atoms with Gasteiger partial charge < -0.3 is 0 Å². The van der Waals surface area contributed by atoms with Crippen molar-refractivity contribution in [3.8, 4) is 0 Å². The van der Waals surface area contributed by atoms with Crippen molar-refractivity contribution in [2.24, 2.45) is 0 Å². The summed E-state index contributed by atoms with van der Waals surface area (Å²) in [5.74, 6) is 0.651. The van der Waals surface area contributed by atoms with Crippen molar-refractivity contribution >= 4 is 5.91 Å². The number of hydrogen-bond acceptors (Lipinski definition) is 2. The minimum atomic E-state index is 0.0752. The predicted molar refractivity (Wildman–Crippen MR) is 97.8 cm³/mol. The fourth-order valence-corrected chi connectivity index (χ4v) is 3.77. The molecule has 2 aliphatic carbocycles. The molecule has 3 heteroatoms. The number of carbonyl (C=O) groups is 1. The Morgan fingerprint density at radius 1 is 1.12 bits per heavy atom. The lowest BCUT2D eigenvalue weighted by Gasteiger charge is -2.15. The maximum Gasteiger partial charge on any atom is 0.278 e. The number of aryl methyl sites for hydroxylation is 2. The number of benzene rings is 1. The van der Waals surface area contributed by atoms with Crippen molar-refractivity contribution in [1.29, 1.82) is 0 Å². The standard InChI is InChI=1S/C19H22N2O.C2H6/c1-12-6-5-8-16(14-10-11-14)18(12)19(22)21-17-9-4-3-7-15(17)13(2)20-21;1-2/h5-6,8,14H,3-4,7,9-11H2,1-2H3;1-2H3. The van der Waals surface area contributed by atoms with Crippen LogP contribution in [0.4, 0.5) is 0 Å². The molecule has 1 heterocycles. The quantitative estimate of drug-likeness (QED) is 0.781. The molecule has 128 valence electrons. The summed E-state index contributed by atoms with van der Waals surface area (Å²) in [6.07, 6.45) is 6.84. The molecule has 1 aromatic heterocycles. The van der Waals surface area contributed by atoms with Crippen molar-refractivity contribution in [2.75, 3.05) is 0 Å². The lowest BCUT2D eigenvalue weighted by atomic mass is 9.95. The number of fused-ring (bicyclic) bond motifs is 1. The molecule has 0 radical (unpaired) electrons. The first kappa shape index (κ1) is 16.9. The Bertz CT molecular complexity index is 753. The van der Waals surface area contributed by atoms with Crippen molar-refractivity contribution in [3.63, 3.8) is 0 Å². The van der Waals surface area contributed by atoms with E-state index in [1.807, 2.05) is 33.8 Å². The van der Waals surface area contributed by atoms with Crippen LogP contribution in [0.2, 0.25) is 0 Å². The Hall–Kier alpha value is -1.90. The van der Waals surface area contributed by atoms with Crippen LogP contribution in [0, 0.1) is 13.8 Å². The summed E-state index contributed by atoms with van der Waals surface area (Å²) in [4.78, 5) is 13.2. The maximum atomic E-state index is 13.2. The first-order valence-corrected chi connectivity index (χ1v) is 9.38. The SMILES string of the molecule is CC.Cc1cccc(C2CC2)c1C(=O)n1nc(C)c2c1CCCC2. The molecule has 0 N–H and O–H groups in total. The molecular weight excluding hydrogens is 296 g/mol. The summed E-state index contributed by atoms with van der Waals surface area (Å²) >= 11 is 0. The van der Waals surface area contributed by atoms with Gasteiger partial charge in [-0.05, 0) is 75.0 Å². The molecular formula is C21H28N2O. The van der Waals surface area contributed by atoms with Crippen molar-refractivity contribution in [2.45, 2.75) is 72.1 Å². The van der Waals surface area contributed by atoms with Gasteiger partial charge in [0.15, 0.2) is 0 Å². The number of rotatable bonds is 2. The van der Waals surface area contributed by atoms with Gasteiger partial charge in [-0.1, -0.05) is 32.0 Å². The first-order valence-electron chi connectivity index (χ1n) is 9.38. The summed E-state index contributed by atoms with van der Waals surface area (Å²) in [5, 5.41) is 4.60. The average Bonchev–Trinajstić information content (AvgIpc) is 3.40. The van der Waals surface area contributed by atoms with Gasteiger partial charge in [0.2, 0.25) is 0 Å². The van der Waals surface area contributed by atoms with Gasteiger partial charge in [-0.25, -0.2) is 4.68 Å². The molecule has 0 spiro atoms.